The highest BCUT2D eigenvalue weighted by molar-refractivity contribution is 5.92. The molecule has 0 spiro atoms. The highest BCUT2D eigenvalue weighted by atomic mass is 16.5. The Bertz CT molecular complexity index is 726. The average molecular weight is 297 g/mol. The Balaban J connectivity index is 2.11. The fourth-order valence-electron chi connectivity index (χ4n) is 2.10. The summed E-state index contributed by atoms with van der Waals surface area (Å²) in [5.41, 5.74) is 3.20. The maximum atomic E-state index is 11.7. The third-order valence-corrected chi connectivity index (χ3v) is 3.25. The summed E-state index contributed by atoms with van der Waals surface area (Å²) in [6.07, 6.45) is 3.99. The average Bonchev–Trinajstić information content (AvgIpc) is 2.51. The zero-order valence-electron chi connectivity index (χ0n) is 12.8. The van der Waals surface area contributed by atoms with Gasteiger partial charge in [0.05, 0.1) is 6.61 Å². The first-order valence-electron chi connectivity index (χ1n) is 7.21. The van der Waals surface area contributed by atoms with E-state index in [1.807, 2.05) is 36.4 Å². The first-order valence-corrected chi connectivity index (χ1v) is 7.21. The number of carbonyl (C=O) groups is 1. The largest absolute Gasteiger partial charge is 0.463 e. The van der Waals surface area contributed by atoms with Crippen LogP contribution in [0.4, 0.5) is 0 Å². The number of H-pyrrole nitrogens is 1. The molecule has 1 N–H and O–H groups in total. The molecule has 1 aromatic carbocycles. The molecule has 2 aromatic rings. The van der Waals surface area contributed by atoms with Crippen molar-refractivity contribution in [1.29, 1.82) is 0 Å². The van der Waals surface area contributed by atoms with Crippen LogP contribution >= 0.6 is 0 Å². The second-order valence-electron chi connectivity index (χ2n) is 4.99. The van der Waals surface area contributed by atoms with Gasteiger partial charge in [0.15, 0.2) is 0 Å². The smallest absolute Gasteiger partial charge is 0.333 e. The number of rotatable bonds is 5. The molecule has 2 rings (SSSR count). The number of hydrogen-bond donors (Lipinski definition) is 1. The Hall–Kier alpha value is -2.62. The van der Waals surface area contributed by atoms with Gasteiger partial charge in [-0.2, -0.15) is 0 Å². The Kier molecular flexibility index (Phi) is 5.31. The minimum Gasteiger partial charge on any atom is -0.463 e. The molecule has 1 heterocycles. The third-order valence-electron chi connectivity index (χ3n) is 3.25. The summed E-state index contributed by atoms with van der Waals surface area (Å²) in [7, 11) is 0. The highest BCUT2D eigenvalue weighted by Gasteiger charge is 2.05. The van der Waals surface area contributed by atoms with E-state index in [1.54, 1.807) is 26.1 Å². The Morgan fingerprint density at radius 2 is 1.95 bits per heavy atom. The zero-order valence-corrected chi connectivity index (χ0v) is 12.8. The van der Waals surface area contributed by atoms with Gasteiger partial charge in [0.2, 0.25) is 0 Å². The van der Waals surface area contributed by atoms with Crippen molar-refractivity contribution in [2.75, 3.05) is 6.61 Å². The molecule has 0 saturated heterocycles. The van der Waals surface area contributed by atoms with Gasteiger partial charge in [-0.1, -0.05) is 30.3 Å². The van der Waals surface area contributed by atoms with Crippen molar-refractivity contribution in [2.45, 2.75) is 20.3 Å². The highest BCUT2D eigenvalue weighted by Crippen LogP contribution is 2.12. The van der Waals surface area contributed by atoms with Gasteiger partial charge in [-0.3, -0.25) is 4.79 Å². The molecule has 0 aliphatic heterocycles. The molecule has 0 unspecified atom stereocenters. The molecule has 22 heavy (non-hydrogen) atoms. The first-order chi connectivity index (χ1) is 10.6. The number of pyridine rings is 1. The number of benzene rings is 1. The van der Waals surface area contributed by atoms with Crippen LogP contribution < -0.4 is 5.56 Å². The Labute approximate surface area is 129 Å². The lowest BCUT2D eigenvalue weighted by atomic mass is 10.0. The van der Waals surface area contributed by atoms with Crippen LogP contribution in [0, 0.1) is 0 Å². The molecule has 0 amide bonds. The summed E-state index contributed by atoms with van der Waals surface area (Å²) >= 11 is 0. The van der Waals surface area contributed by atoms with Crippen LogP contribution in [0.5, 0.6) is 0 Å². The van der Waals surface area contributed by atoms with Crippen LogP contribution in [0.15, 0.2) is 53.0 Å². The molecule has 114 valence electrons. The number of hydrogen-bond acceptors (Lipinski definition) is 3. The third kappa shape index (κ3) is 4.19. The van der Waals surface area contributed by atoms with Crippen molar-refractivity contribution >= 4 is 12.0 Å². The molecule has 0 atom stereocenters. The fourth-order valence-corrected chi connectivity index (χ4v) is 2.10. The van der Waals surface area contributed by atoms with Crippen LogP contribution in [-0.2, 0) is 16.0 Å². The standard InChI is InChI=1S/C18H19NO3/c1-3-22-18(21)13(2)11-14-6-8-15(9-7-14)12-16-5-4-10-19-17(16)20/h4-11H,3,12H2,1-2H3,(H,19,20). The van der Waals surface area contributed by atoms with Crippen molar-refractivity contribution < 1.29 is 9.53 Å². The number of esters is 1. The molecular weight excluding hydrogens is 278 g/mol. The minimum absolute atomic E-state index is 0.0652. The van der Waals surface area contributed by atoms with Gasteiger partial charge in [-0.15, -0.1) is 0 Å². The molecule has 1 aromatic heterocycles. The summed E-state index contributed by atoms with van der Waals surface area (Å²) in [6, 6.07) is 11.4. The van der Waals surface area contributed by atoms with E-state index in [-0.39, 0.29) is 11.5 Å². The minimum atomic E-state index is -0.303. The normalized spacial score (nSPS) is 11.3. The fraction of sp³-hybridized carbons (Fsp3) is 0.222. The number of aromatic nitrogens is 1. The molecule has 4 nitrogen and oxygen atoms in total. The van der Waals surface area contributed by atoms with E-state index < -0.39 is 0 Å². The molecule has 0 radical (unpaired) electrons. The lowest BCUT2D eigenvalue weighted by Crippen LogP contribution is -2.11. The summed E-state index contributed by atoms with van der Waals surface area (Å²) < 4.78 is 4.95. The van der Waals surface area contributed by atoms with Crippen molar-refractivity contribution in [3.63, 3.8) is 0 Å². The van der Waals surface area contributed by atoms with Crippen molar-refractivity contribution in [2.24, 2.45) is 0 Å². The van der Waals surface area contributed by atoms with Gasteiger partial charge in [-0.05, 0) is 37.1 Å². The van der Waals surface area contributed by atoms with E-state index in [0.29, 0.717) is 18.6 Å². The molecule has 0 saturated carbocycles. The quantitative estimate of drug-likeness (QED) is 0.682. The molecule has 4 heteroatoms. The number of ether oxygens (including phenoxy) is 1. The van der Waals surface area contributed by atoms with Gasteiger partial charge in [0.25, 0.3) is 5.56 Å². The SMILES string of the molecule is CCOC(=O)C(C)=Cc1ccc(Cc2ccc[nH]c2=O)cc1. The van der Waals surface area contributed by atoms with Crippen LogP contribution in [0.1, 0.15) is 30.5 Å². The van der Waals surface area contributed by atoms with Gasteiger partial charge < -0.3 is 9.72 Å². The predicted molar refractivity (Wildman–Crippen MR) is 86.6 cm³/mol. The zero-order chi connectivity index (χ0) is 15.9. The van der Waals surface area contributed by atoms with Crippen LogP contribution in [-0.4, -0.2) is 17.6 Å². The van der Waals surface area contributed by atoms with Gasteiger partial charge >= 0.3 is 5.97 Å². The maximum absolute atomic E-state index is 11.7. The van der Waals surface area contributed by atoms with E-state index in [1.165, 1.54) is 0 Å². The van der Waals surface area contributed by atoms with Gasteiger partial charge in [-0.25, -0.2) is 4.79 Å². The summed E-state index contributed by atoms with van der Waals surface area (Å²) in [6.45, 7) is 3.88. The maximum Gasteiger partial charge on any atom is 0.333 e. The molecule has 0 aliphatic carbocycles. The number of nitrogens with one attached hydrogen (secondary N) is 1. The van der Waals surface area contributed by atoms with E-state index >= 15 is 0 Å². The van der Waals surface area contributed by atoms with Crippen molar-refractivity contribution in [1.82, 2.24) is 4.98 Å². The summed E-state index contributed by atoms with van der Waals surface area (Å²) in [5.74, 6) is -0.303. The predicted octanol–water partition coefficient (Wildman–Crippen LogP) is 2.93. The summed E-state index contributed by atoms with van der Waals surface area (Å²) in [5, 5.41) is 0. The second-order valence-corrected chi connectivity index (χ2v) is 4.99. The monoisotopic (exact) mass is 297 g/mol. The van der Waals surface area contributed by atoms with E-state index in [0.717, 1.165) is 16.7 Å². The first kappa shape index (κ1) is 15.8. The topological polar surface area (TPSA) is 59.2 Å². The van der Waals surface area contributed by atoms with Gasteiger partial charge in [0, 0.05) is 23.8 Å². The van der Waals surface area contributed by atoms with Crippen LogP contribution in [0.3, 0.4) is 0 Å². The second kappa shape index (κ2) is 7.41. The van der Waals surface area contributed by atoms with Crippen molar-refractivity contribution in [3.05, 3.63) is 75.2 Å². The van der Waals surface area contributed by atoms with Gasteiger partial charge in [0.1, 0.15) is 0 Å². The summed E-state index contributed by atoms with van der Waals surface area (Å²) in [4.78, 5) is 25.9. The molecule has 0 bridgehead atoms. The Morgan fingerprint density at radius 3 is 2.59 bits per heavy atom. The van der Waals surface area contributed by atoms with Crippen molar-refractivity contribution in [3.8, 4) is 0 Å². The molecular formula is C18H19NO3. The van der Waals surface area contributed by atoms with E-state index in [4.69, 9.17) is 4.74 Å². The number of carbonyl (C=O) groups excluding carboxylic acids is 1. The molecule has 0 fully saturated rings. The lowest BCUT2D eigenvalue weighted by Gasteiger charge is -2.04. The number of aromatic amines is 1. The lowest BCUT2D eigenvalue weighted by molar-refractivity contribution is -0.138. The van der Waals surface area contributed by atoms with Crippen LogP contribution in [0.25, 0.3) is 6.08 Å². The Morgan fingerprint density at radius 1 is 1.23 bits per heavy atom. The molecule has 0 aliphatic rings. The van der Waals surface area contributed by atoms with E-state index in [9.17, 15) is 9.59 Å². The van der Waals surface area contributed by atoms with E-state index in [2.05, 4.69) is 4.98 Å². The van der Waals surface area contributed by atoms with Crippen LogP contribution in [0.2, 0.25) is 0 Å².